The molecule has 0 fully saturated rings. The van der Waals surface area contributed by atoms with Gasteiger partial charge in [-0.15, -0.1) is 0 Å². The summed E-state index contributed by atoms with van der Waals surface area (Å²) in [7, 11) is 0. The molecule has 2 N–H and O–H groups in total. The fourth-order valence-corrected chi connectivity index (χ4v) is 2.99. The van der Waals surface area contributed by atoms with E-state index in [0.717, 1.165) is 13.0 Å². The summed E-state index contributed by atoms with van der Waals surface area (Å²) in [6.45, 7) is 6.22. The summed E-state index contributed by atoms with van der Waals surface area (Å²) in [5.74, 6) is 0.626. The minimum absolute atomic E-state index is 0.626. The van der Waals surface area contributed by atoms with Gasteiger partial charge in [0, 0.05) is 36.0 Å². The third-order valence-electron chi connectivity index (χ3n) is 3.95. The monoisotopic (exact) mass is 293 g/mol. The van der Waals surface area contributed by atoms with Gasteiger partial charge in [0.15, 0.2) is 0 Å². The van der Waals surface area contributed by atoms with Crippen molar-refractivity contribution < 1.29 is 0 Å². The van der Waals surface area contributed by atoms with Crippen molar-refractivity contribution in [2.75, 3.05) is 6.54 Å². The lowest BCUT2D eigenvalue weighted by Crippen LogP contribution is -2.03. The summed E-state index contributed by atoms with van der Waals surface area (Å²) in [4.78, 5) is 4.10. The van der Waals surface area contributed by atoms with Crippen LogP contribution < -0.4 is 5.73 Å². The van der Waals surface area contributed by atoms with Crippen molar-refractivity contribution in [3.8, 4) is 11.1 Å². The molecule has 0 amide bonds. The second kappa shape index (κ2) is 6.32. The highest BCUT2D eigenvalue weighted by molar-refractivity contribution is 5.88. The van der Waals surface area contributed by atoms with Crippen LogP contribution in [-0.4, -0.2) is 16.1 Å². The normalized spacial score (nSPS) is 11.5. The first-order chi connectivity index (χ1) is 10.7. The van der Waals surface area contributed by atoms with Gasteiger partial charge in [0.2, 0.25) is 0 Å². The van der Waals surface area contributed by atoms with Crippen LogP contribution in [0.4, 0.5) is 0 Å². The first-order valence-corrected chi connectivity index (χ1v) is 7.91. The van der Waals surface area contributed by atoms with E-state index >= 15 is 0 Å². The van der Waals surface area contributed by atoms with Gasteiger partial charge in [0.05, 0.1) is 0 Å². The summed E-state index contributed by atoms with van der Waals surface area (Å²) in [5.41, 5.74) is 10.9. The van der Waals surface area contributed by atoms with Crippen LogP contribution in [0.5, 0.6) is 0 Å². The Morgan fingerprint density at radius 1 is 1.09 bits per heavy atom. The molecule has 3 nitrogen and oxygen atoms in total. The van der Waals surface area contributed by atoms with Crippen molar-refractivity contribution in [3.63, 3.8) is 0 Å². The van der Waals surface area contributed by atoms with Crippen LogP contribution in [0.1, 0.15) is 19.4 Å². The zero-order valence-electron chi connectivity index (χ0n) is 13.3. The molecule has 0 aliphatic rings. The number of nitrogens with zero attached hydrogens (tertiary/aromatic N) is 2. The number of aromatic nitrogens is 2. The van der Waals surface area contributed by atoms with Crippen LogP contribution >= 0.6 is 0 Å². The van der Waals surface area contributed by atoms with Crippen LogP contribution in [0, 0.1) is 5.92 Å². The lowest BCUT2D eigenvalue weighted by Gasteiger charge is -2.08. The Kier molecular flexibility index (Phi) is 4.25. The summed E-state index contributed by atoms with van der Waals surface area (Å²) >= 11 is 0. The molecule has 0 aliphatic carbocycles. The van der Waals surface area contributed by atoms with Crippen molar-refractivity contribution in [2.45, 2.75) is 26.8 Å². The molecule has 3 aromatic rings. The van der Waals surface area contributed by atoms with Crippen LogP contribution in [-0.2, 0) is 13.0 Å². The van der Waals surface area contributed by atoms with Crippen molar-refractivity contribution in [2.24, 2.45) is 11.7 Å². The molecule has 2 heterocycles. The van der Waals surface area contributed by atoms with E-state index in [-0.39, 0.29) is 0 Å². The smallest absolute Gasteiger partial charge is 0.0483 e. The molecule has 2 aromatic heterocycles. The van der Waals surface area contributed by atoms with Crippen LogP contribution in [0.15, 0.2) is 48.9 Å². The molecule has 0 atom stereocenters. The van der Waals surface area contributed by atoms with Crippen molar-refractivity contribution in [1.82, 2.24) is 9.55 Å². The Morgan fingerprint density at radius 2 is 1.86 bits per heavy atom. The topological polar surface area (TPSA) is 43.8 Å². The Balaban J connectivity index is 2.12. The fourth-order valence-electron chi connectivity index (χ4n) is 2.99. The molecule has 1 aromatic carbocycles. The zero-order valence-corrected chi connectivity index (χ0v) is 13.3. The second-order valence-corrected chi connectivity index (χ2v) is 6.21. The number of pyridine rings is 1. The molecule has 0 saturated heterocycles. The molecule has 0 radical (unpaired) electrons. The molecular weight excluding hydrogens is 270 g/mol. The SMILES string of the molecule is CC(C)Cn1cc(CCN)c2cc(-c3ccncc3)ccc21. The van der Waals surface area contributed by atoms with Gasteiger partial charge in [-0.1, -0.05) is 19.9 Å². The number of nitrogens with two attached hydrogens (primary N) is 1. The van der Waals surface area contributed by atoms with E-state index in [1.54, 1.807) is 0 Å². The van der Waals surface area contributed by atoms with Gasteiger partial charge in [-0.3, -0.25) is 4.98 Å². The Bertz CT molecular complexity index is 757. The molecule has 0 unspecified atom stereocenters. The zero-order chi connectivity index (χ0) is 15.5. The number of benzene rings is 1. The van der Waals surface area contributed by atoms with Gasteiger partial charge >= 0.3 is 0 Å². The van der Waals surface area contributed by atoms with E-state index < -0.39 is 0 Å². The van der Waals surface area contributed by atoms with E-state index in [1.165, 1.54) is 27.6 Å². The highest BCUT2D eigenvalue weighted by Crippen LogP contribution is 2.28. The molecule has 3 rings (SSSR count). The van der Waals surface area contributed by atoms with E-state index in [4.69, 9.17) is 5.73 Å². The number of hydrogen-bond donors (Lipinski definition) is 1. The maximum absolute atomic E-state index is 5.79. The Hall–Kier alpha value is -2.13. The quantitative estimate of drug-likeness (QED) is 0.776. The second-order valence-electron chi connectivity index (χ2n) is 6.21. The van der Waals surface area contributed by atoms with E-state index in [9.17, 15) is 0 Å². The number of rotatable bonds is 5. The number of hydrogen-bond acceptors (Lipinski definition) is 2. The Labute approximate surface area is 131 Å². The minimum atomic E-state index is 0.626. The molecule has 22 heavy (non-hydrogen) atoms. The predicted molar refractivity (Wildman–Crippen MR) is 92.8 cm³/mol. The maximum Gasteiger partial charge on any atom is 0.0483 e. The molecule has 0 spiro atoms. The van der Waals surface area contributed by atoms with Gasteiger partial charge in [0.25, 0.3) is 0 Å². The van der Waals surface area contributed by atoms with Gasteiger partial charge < -0.3 is 10.3 Å². The standard InChI is InChI=1S/C19H23N3/c1-14(2)12-22-13-17(5-8-20)18-11-16(3-4-19(18)22)15-6-9-21-10-7-15/h3-4,6-7,9-11,13-14H,5,8,12,20H2,1-2H3. The van der Waals surface area contributed by atoms with Gasteiger partial charge in [-0.05, 0) is 59.8 Å². The average molecular weight is 293 g/mol. The highest BCUT2D eigenvalue weighted by Gasteiger charge is 2.10. The van der Waals surface area contributed by atoms with Crippen LogP contribution in [0.2, 0.25) is 0 Å². The lowest BCUT2D eigenvalue weighted by molar-refractivity contribution is 0.534. The van der Waals surface area contributed by atoms with Crippen LogP contribution in [0.25, 0.3) is 22.0 Å². The third-order valence-corrected chi connectivity index (χ3v) is 3.95. The summed E-state index contributed by atoms with van der Waals surface area (Å²) in [6.07, 6.45) is 6.86. The van der Waals surface area contributed by atoms with E-state index in [2.05, 4.69) is 59.9 Å². The van der Waals surface area contributed by atoms with Gasteiger partial charge in [-0.25, -0.2) is 0 Å². The summed E-state index contributed by atoms with van der Waals surface area (Å²) in [6, 6.07) is 10.8. The largest absolute Gasteiger partial charge is 0.347 e. The number of fused-ring (bicyclic) bond motifs is 1. The molecule has 0 saturated carbocycles. The van der Waals surface area contributed by atoms with Crippen molar-refractivity contribution in [3.05, 3.63) is 54.5 Å². The molecular formula is C19H23N3. The van der Waals surface area contributed by atoms with Gasteiger partial charge in [-0.2, -0.15) is 0 Å². The molecule has 3 heteroatoms. The lowest BCUT2D eigenvalue weighted by atomic mass is 10.0. The van der Waals surface area contributed by atoms with E-state index in [0.29, 0.717) is 12.5 Å². The van der Waals surface area contributed by atoms with E-state index in [1.807, 2.05) is 12.4 Å². The predicted octanol–water partition coefficient (Wildman–Crippen LogP) is 3.86. The van der Waals surface area contributed by atoms with Gasteiger partial charge in [0.1, 0.15) is 0 Å². The summed E-state index contributed by atoms with van der Waals surface area (Å²) < 4.78 is 2.36. The third kappa shape index (κ3) is 2.90. The molecule has 114 valence electrons. The highest BCUT2D eigenvalue weighted by atomic mass is 15.0. The first-order valence-electron chi connectivity index (χ1n) is 7.91. The molecule has 0 bridgehead atoms. The van der Waals surface area contributed by atoms with Crippen LogP contribution in [0.3, 0.4) is 0 Å². The fraction of sp³-hybridized carbons (Fsp3) is 0.316. The maximum atomic E-state index is 5.79. The summed E-state index contributed by atoms with van der Waals surface area (Å²) in [5, 5.41) is 1.32. The van der Waals surface area contributed by atoms with Crippen molar-refractivity contribution >= 4 is 10.9 Å². The Morgan fingerprint density at radius 3 is 2.55 bits per heavy atom. The minimum Gasteiger partial charge on any atom is -0.347 e. The molecule has 0 aliphatic heterocycles. The average Bonchev–Trinajstić information content (AvgIpc) is 2.85. The van der Waals surface area contributed by atoms with Crippen molar-refractivity contribution in [1.29, 1.82) is 0 Å². The first kappa shape index (κ1) is 14.8.